The molecule has 0 saturated heterocycles. The minimum Gasteiger partial charge on any atom is -0.489 e. The maximum atomic E-state index is 12.6. The lowest BCUT2D eigenvalue weighted by Gasteiger charge is -2.08. The molecule has 0 aliphatic carbocycles. The van der Waals surface area contributed by atoms with E-state index in [1.54, 1.807) is 19.2 Å². The van der Waals surface area contributed by atoms with Crippen LogP contribution < -0.4 is 10.3 Å². The third kappa shape index (κ3) is 3.83. The molecular weight excluding hydrogens is 394 g/mol. The summed E-state index contributed by atoms with van der Waals surface area (Å²) in [6.07, 6.45) is 1.62. The minimum atomic E-state index is -0.175. The molecular formula is C21H16ClN3O2S. The molecule has 2 aromatic heterocycles. The van der Waals surface area contributed by atoms with Crippen molar-refractivity contribution in [3.05, 3.63) is 92.3 Å². The molecule has 0 radical (unpaired) electrons. The topological polar surface area (TPSA) is 56.5 Å². The van der Waals surface area contributed by atoms with Crippen LogP contribution in [0.15, 0.2) is 69.9 Å². The van der Waals surface area contributed by atoms with E-state index in [-0.39, 0.29) is 5.56 Å². The van der Waals surface area contributed by atoms with Crippen molar-refractivity contribution >= 4 is 39.4 Å². The molecule has 0 N–H and O–H groups in total. The number of fused-ring (bicyclic) bond motifs is 1. The monoisotopic (exact) mass is 409 g/mol. The maximum Gasteiger partial charge on any atom is 0.282 e. The van der Waals surface area contributed by atoms with Gasteiger partial charge in [0, 0.05) is 10.6 Å². The summed E-state index contributed by atoms with van der Waals surface area (Å²) >= 11 is 7.61. The number of nitrogens with zero attached hydrogens (tertiary/aromatic N) is 3. The summed E-state index contributed by atoms with van der Waals surface area (Å²) in [4.78, 5) is 17.7. The van der Waals surface area contributed by atoms with E-state index >= 15 is 0 Å². The Labute approximate surface area is 170 Å². The predicted octanol–water partition coefficient (Wildman–Crippen LogP) is 4.88. The Hall–Kier alpha value is -2.96. The zero-order valence-electron chi connectivity index (χ0n) is 15.0. The van der Waals surface area contributed by atoms with Crippen molar-refractivity contribution in [1.82, 2.24) is 9.66 Å². The van der Waals surface area contributed by atoms with Gasteiger partial charge in [0.05, 0.1) is 11.6 Å². The number of hydrogen-bond acceptors (Lipinski definition) is 5. The van der Waals surface area contributed by atoms with E-state index < -0.39 is 0 Å². The number of rotatable bonds is 5. The van der Waals surface area contributed by atoms with Crippen molar-refractivity contribution in [2.24, 2.45) is 5.10 Å². The van der Waals surface area contributed by atoms with Gasteiger partial charge < -0.3 is 4.74 Å². The second kappa shape index (κ2) is 7.96. The lowest BCUT2D eigenvalue weighted by Crippen LogP contribution is -2.19. The van der Waals surface area contributed by atoms with E-state index in [4.69, 9.17) is 16.3 Å². The Bertz CT molecular complexity index is 1230. The number of aryl methyl sites for hydroxylation is 1. The fourth-order valence-electron chi connectivity index (χ4n) is 2.73. The van der Waals surface area contributed by atoms with Gasteiger partial charge in [0.15, 0.2) is 0 Å². The largest absolute Gasteiger partial charge is 0.489 e. The molecule has 0 atom stereocenters. The molecule has 0 unspecified atom stereocenters. The van der Waals surface area contributed by atoms with Crippen LogP contribution in [0.5, 0.6) is 5.75 Å². The van der Waals surface area contributed by atoms with Gasteiger partial charge in [0.1, 0.15) is 23.0 Å². The van der Waals surface area contributed by atoms with E-state index in [1.165, 1.54) is 16.0 Å². The van der Waals surface area contributed by atoms with Gasteiger partial charge in [-0.1, -0.05) is 41.9 Å². The normalized spacial score (nSPS) is 11.4. The highest BCUT2D eigenvalue weighted by Gasteiger charge is 2.08. The average molecular weight is 410 g/mol. The highest BCUT2D eigenvalue weighted by Crippen LogP contribution is 2.19. The van der Waals surface area contributed by atoms with Crippen LogP contribution in [0.3, 0.4) is 0 Å². The van der Waals surface area contributed by atoms with Crippen LogP contribution >= 0.6 is 22.9 Å². The van der Waals surface area contributed by atoms with Crippen LogP contribution in [0.1, 0.15) is 17.0 Å². The molecule has 0 fully saturated rings. The molecule has 7 heteroatoms. The molecule has 0 amide bonds. The first kappa shape index (κ1) is 18.4. The average Bonchev–Trinajstić information content (AvgIpc) is 3.16. The summed E-state index contributed by atoms with van der Waals surface area (Å²) < 4.78 is 7.15. The quantitative estimate of drug-likeness (QED) is 0.441. The second-order valence-corrected chi connectivity index (χ2v) is 7.41. The van der Waals surface area contributed by atoms with Crippen LogP contribution in [-0.4, -0.2) is 15.9 Å². The molecule has 0 aliphatic heterocycles. The number of benzene rings is 2. The number of aromatic nitrogens is 2. The molecule has 0 aliphatic rings. The Balaban J connectivity index is 1.55. The molecule has 2 heterocycles. The van der Waals surface area contributed by atoms with Crippen LogP contribution in [0.4, 0.5) is 0 Å². The van der Waals surface area contributed by atoms with E-state index in [0.29, 0.717) is 28.6 Å². The third-order valence-electron chi connectivity index (χ3n) is 4.17. The van der Waals surface area contributed by atoms with Gasteiger partial charge in [0.2, 0.25) is 0 Å². The van der Waals surface area contributed by atoms with Gasteiger partial charge in [-0.2, -0.15) is 9.78 Å². The van der Waals surface area contributed by atoms with Gasteiger partial charge in [-0.3, -0.25) is 4.79 Å². The summed E-state index contributed by atoms with van der Waals surface area (Å²) in [6.45, 7) is 2.14. The van der Waals surface area contributed by atoms with Crippen LogP contribution in [0.25, 0.3) is 10.2 Å². The van der Waals surface area contributed by atoms with Crippen molar-refractivity contribution in [2.75, 3.05) is 0 Å². The summed E-state index contributed by atoms with van der Waals surface area (Å²) in [7, 11) is 0. The first-order valence-electron chi connectivity index (χ1n) is 8.59. The Morgan fingerprint density at radius 1 is 1.21 bits per heavy atom. The highest BCUT2D eigenvalue weighted by atomic mass is 35.5. The molecule has 0 bridgehead atoms. The van der Waals surface area contributed by atoms with Crippen LogP contribution in [0.2, 0.25) is 5.02 Å². The van der Waals surface area contributed by atoms with Gasteiger partial charge in [-0.25, -0.2) is 4.98 Å². The smallest absolute Gasteiger partial charge is 0.282 e. The number of halogens is 1. The predicted molar refractivity (Wildman–Crippen MR) is 114 cm³/mol. The first-order valence-corrected chi connectivity index (χ1v) is 9.85. The maximum absolute atomic E-state index is 12.6. The standard InChI is InChI=1S/C21H16ClN3O2S/c1-14-24-20-18(9-10-28-20)21(26)25(14)23-12-15-5-4-7-17(11-15)27-13-16-6-2-3-8-19(16)22/h2-12H,13H2,1H3/b23-12-. The minimum absolute atomic E-state index is 0.175. The third-order valence-corrected chi connectivity index (χ3v) is 5.35. The van der Waals surface area contributed by atoms with Gasteiger partial charge in [-0.05, 0) is 42.1 Å². The molecule has 2 aromatic carbocycles. The van der Waals surface area contributed by atoms with Gasteiger partial charge in [-0.15, -0.1) is 11.3 Å². The highest BCUT2D eigenvalue weighted by molar-refractivity contribution is 7.16. The summed E-state index contributed by atoms with van der Waals surface area (Å²) in [6, 6.07) is 16.8. The van der Waals surface area contributed by atoms with Crippen LogP contribution in [0, 0.1) is 6.92 Å². The molecule has 0 saturated carbocycles. The van der Waals surface area contributed by atoms with Crippen molar-refractivity contribution in [1.29, 1.82) is 0 Å². The Morgan fingerprint density at radius 2 is 2.07 bits per heavy atom. The zero-order chi connectivity index (χ0) is 19.5. The lowest BCUT2D eigenvalue weighted by atomic mass is 10.2. The van der Waals surface area contributed by atoms with E-state index in [0.717, 1.165) is 16.0 Å². The number of ether oxygens (including phenoxy) is 1. The Morgan fingerprint density at radius 3 is 2.93 bits per heavy atom. The molecule has 4 aromatic rings. The van der Waals surface area contributed by atoms with E-state index in [9.17, 15) is 4.79 Å². The fraction of sp³-hybridized carbons (Fsp3) is 0.0952. The molecule has 4 rings (SSSR count). The molecule has 140 valence electrons. The van der Waals surface area contributed by atoms with Crippen molar-refractivity contribution in [3.63, 3.8) is 0 Å². The first-order chi connectivity index (χ1) is 13.6. The zero-order valence-corrected chi connectivity index (χ0v) is 16.6. The van der Waals surface area contributed by atoms with Crippen LogP contribution in [-0.2, 0) is 6.61 Å². The lowest BCUT2D eigenvalue weighted by molar-refractivity contribution is 0.306. The number of thiophene rings is 1. The summed E-state index contributed by atoms with van der Waals surface area (Å²) in [5.74, 6) is 1.24. The van der Waals surface area contributed by atoms with Gasteiger partial charge >= 0.3 is 0 Å². The second-order valence-electron chi connectivity index (χ2n) is 6.11. The summed E-state index contributed by atoms with van der Waals surface area (Å²) in [5, 5.41) is 7.42. The molecule has 28 heavy (non-hydrogen) atoms. The van der Waals surface area contributed by atoms with Crippen molar-refractivity contribution in [3.8, 4) is 5.75 Å². The SMILES string of the molecule is Cc1nc2sccc2c(=O)n1/N=C\c1cccc(OCc2ccccc2Cl)c1. The van der Waals surface area contributed by atoms with Gasteiger partial charge in [0.25, 0.3) is 5.56 Å². The van der Waals surface area contributed by atoms with E-state index in [1.807, 2.05) is 53.9 Å². The van der Waals surface area contributed by atoms with Crippen molar-refractivity contribution < 1.29 is 4.74 Å². The molecule has 5 nitrogen and oxygen atoms in total. The van der Waals surface area contributed by atoms with E-state index in [2.05, 4.69) is 10.1 Å². The summed E-state index contributed by atoms with van der Waals surface area (Å²) in [5.41, 5.74) is 1.56. The Kier molecular flexibility index (Phi) is 5.23. The number of hydrogen-bond donors (Lipinski definition) is 0. The molecule has 0 spiro atoms. The van der Waals surface area contributed by atoms with Crippen molar-refractivity contribution in [2.45, 2.75) is 13.5 Å². The fourth-order valence-corrected chi connectivity index (χ4v) is 3.72.